The number of hydrogen-bond acceptors (Lipinski definition) is 3. The summed E-state index contributed by atoms with van der Waals surface area (Å²) in [7, 11) is -3.46. The summed E-state index contributed by atoms with van der Waals surface area (Å²) in [6.07, 6.45) is 0. The lowest BCUT2D eigenvalue weighted by atomic mass is 10.1. The Morgan fingerprint density at radius 1 is 1.05 bits per heavy atom. The van der Waals surface area contributed by atoms with E-state index in [9.17, 15) is 8.42 Å². The molecule has 0 unspecified atom stereocenters. The number of anilines is 1. The summed E-state index contributed by atoms with van der Waals surface area (Å²) >= 11 is 3.28. The topological polar surface area (TPSA) is 60.2 Å². The Hall–Kier alpha value is -1.33. The first kappa shape index (κ1) is 15.1. The van der Waals surface area contributed by atoms with Gasteiger partial charge in [-0.15, -0.1) is 0 Å². The normalized spacial score (nSPS) is 11.6. The Kier molecular flexibility index (Phi) is 4.20. The second kappa shape index (κ2) is 5.58. The number of aryl methyl sites for hydroxylation is 2. The van der Waals surface area contributed by atoms with Gasteiger partial charge >= 0.3 is 0 Å². The van der Waals surface area contributed by atoms with E-state index in [2.05, 4.69) is 15.9 Å². The summed E-state index contributed by atoms with van der Waals surface area (Å²) in [5.74, 6) is -0.0455. The third-order valence-corrected chi connectivity index (χ3v) is 5.18. The molecule has 5 heteroatoms. The molecule has 2 aromatic rings. The van der Waals surface area contributed by atoms with E-state index in [1.807, 2.05) is 32.0 Å². The second-order valence-electron chi connectivity index (χ2n) is 4.94. The second-order valence-corrected chi connectivity index (χ2v) is 7.81. The van der Waals surface area contributed by atoms with Crippen LogP contribution in [-0.4, -0.2) is 8.42 Å². The lowest BCUT2D eigenvalue weighted by molar-refractivity contribution is 0.595. The monoisotopic (exact) mass is 353 g/mol. The maximum absolute atomic E-state index is 12.5. The van der Waals surface area contributed by atoms with Gasteiger partial charge in [-0.2, -0.15) is 0 Å². The Labute approximate surface area is 127 Å². The summed E-state index contributed by atoms with van der Waals surface area (Å²) in [6, 6.07) is 10.7. The van der Waals surface area contributed by atoms with Crippen molar-refractivity contribution >= 4 is 31.5 Å². The Morgan fingerprint density at radius 3 is 2.25 bits per heavy atom. The number of nitrogens with two attached hydrogens (primary N) is 1. The van der Waals surface area contributed by atoms with Crippen molar-refractivity contribution in [3.05, 3.63) is 57.6 Å². The van der Waals surface area contributed by atoms with Crippen molar-refractivity contribution in [2.75, 3.05) is 5.73 Å². The summed E-state index contributed by atoms with van der Waals surface area (Å²) in [4.78, 5) is 0.172. The van der Waals surface area contributed by atoms with Crippen LogP contribution in [0.4, 0.5) is 5.69 Å². The van der Waals surface area contributed by atoms with Crippen molar-refractivity contribution in [3.63, 3.8) is 0 Å². The highest BCUT2D eigenvalue weighted by atomic mass is 79.9. The lowest BCUT2D eigenvalue weighted by Crippen LogP contribution is -2.08. The van der Waals surface area contributed by atoms with E-state index >= 15 is 0 Å². The molecule has 0 aromatic heterocycles. The fourth-order valence-electron chi connectivity index (χ4n) is 2.23. The molecule has 0 amide bonds. The van der Waals surface area contributed by atoms with E-state index in [0.29, 0.717) is 4.47 Å². The van der Waals surface area contributed by atoms with Gasteiger partial charge in [0.2, 0.25) is 0 Å². The van der Waals surface area contributed by atoms with E-state index in [1.165, 1.54) is 0 Å². The Morgan fingerprint density at radius 2 is 1.65 bits per heavy atom. The van der Waals surface area contributed by atoms with Gasteiger partial charge in [0.05, 0.1) is 16.3 Å². The minimum absolute atomic E-state index is 0.0455. The molecule has 0 aliphatic carbocycles. The van der Waals surface area contributed by atoms with Gasteiger partial charge in [0, 0.05) is 4.47 Å². The van der Waals surface area contributed by atoms with Crippen molar-refractivity contribution < 1.29 is 8.42 Å². The van der Waals surface area contributed by atoms with Crippen LogP contribution in [0.5, 0.6) is 0 Å². The zero-order chi connectivity index (χ0) is 14.9. The predicted molar refractivity (Wildman–Crippen MR) is 85.4 cm³/mol. The van der Waals surface area contributed by atoms with Crippen molar-refractivity contribution in [1.29, 1.82) is 0 Å². The number of hydrogen-bond donors (Lipinski definition) is 1. The molecule has 2 N–H and O–H groups in total. The predicted octanol–water partition coefficient (Wildman–Crippen LogP) is 3.62. The zero-order valence-electron chi connectivity index (χ0n) is 11.4. The SMILES string of the molecule is Cc1cc(C)cc(CS(=O)(=O)c2cc(Br)ccc2N)c1. The molecule has 0 aliphatic heterocycles. The number of rotatable bonds is 3. The largest absolute Gasteiger partial charge is 0.398 e. The first-order valence-corrected chi connectivity index (χ1v) is 8.57. The minimum Gasteiger partial charge on any atom is -0.398 e. The first-order chi connectivity index (χ1) is 9.28. The van der Waals surface area contributed by atoms with Crippen LogP contribution in [0.3, 0.4) is 0 Å². The molecule has 0 heterocycles. The van der Waals surface area contributed by atoms with Gasteiger partial charge in [0.15, 0.2) is 9.84 Å². The van der Waals surface area contributed by atoms with Crippen LogP contribution in [0, 0.1) is 13.8 Å². The molecule has 20 heavy (non-hydrogen) atoms. The number of sulfone groups is 1. The standard InChI is InChI=1S/C15H16BrNO2S/c1-10-5-11(2)7-12(6-10)9-20(18,19)15-8-13(16)3-4-14(15)17/h3-8H,9,17H2,1-2H3. The van der Waals surface area contributed by atoms with Crippen LogP contribution >= 0.6 is 15.9 Å². The third-order valence-electron chi connectivity index (χ3n) is 2.95. The van der Waals surface area contributed by atoms with Crippen LogP contribution in [0.15, 0.2) is 45.8 Å². The van der Waals surface area contributed by atoms with Gasteiger partial charge < -0.3 is 5.73 Å². The van der Waals surface area contributed by atoms with E-state index in [4.69, 9.17) is 5.73 Å². The average Bonchev–Trinajstić information content (AvgIpc) is 2.30. The molecule has 2 aromatic carbocycles. The van der Waals surface area contributed by atoms with Crippen LogP contribution in [0.25, 0.3) is 0 Å². The average molecular weight is 354 g/mol. The number of halogens is 1. The Bertz CT molecular complexity index is 734. The molecule has 0 bridgehead atoms. The van der Waals surface area contributed by atoms with Gasteiger partial charge in [-0.25, -0.2) is 8.42 Å². The van der Waals surface area contributed by atoms with Crippen LogP contribution in [-0.2, 0) is 15.6 Å². The van der Waals surface area contributed by atoms with Crippen LogP contribution < -0.4 is 5.73 Å². The highest BCUT2D eigenvalue weighted by molar-refractivity contribution is 9.10. The molecule has 2 rings (SSSR count). The molecule has 0 saturated heterocycles. The smallest absolute Gasteiger partial charge is 0.184 e. The fraction of sp³-hybridized carbons (Fsp3) is 0.200. The fourth-order valence-corrected chi connectivity index (χ4v) is 4.23. The van der Waals surface area contributed by atoms with Gasteiger partial charge in [-0.05, 0) is 37.6 Å². The minimum atomic E-state index is -3.46. The highest BCUT2D eigenvalue weighted by Crippen LogP contribution is 2.26. The van der Waals surface area contributed by atoms with Crippen molar-refractivity contribution in [2.45, 2.75) is 24.5 Å². The van der Waals surface area contributed by atoms with Crippen molar-refractivity contribution in [1.82, 2.24) is 0 Å². The van der Waals surface area contributed by atoms with Gasteiger partial charge in [0.25, 0.3) is 0 Å². The molecular formula is C15H16BrNO2S. The van der Waals surface area contributed by atoms with E-state index in [0.717, 1.165) is 16.7 Å². The van der Waals surface area contributed by atoms with Crippen LogP contribution in [0.2, 0.25) is 0 Å². The summed E-state index contributed by atoms with van der Waals surface area (Å²) in [6.45, 7) is 3.91. The molecular weight excluding hydrogens is 338 g/mol. The van der Waals surface area contributed by atoms with Gasteiger partial charge in [0.1, 0.15) is 0 Å². The maximum Gasteiger partial charge on any atom is 0.184 e. The molecule has 0 atom stereocenters. The summed E-state index contributed by atoms with van der Waals surface area (Å²) in [5.41, 5.74) is 8.95. The van der Waals surface area contributed by atoms with Crippen molar-refractivity contribution in [2.24, 2.45) is 0 Å². The number of nitrogen functional groups attached to an aromatic ring is 1. The van der Waals surface area contributed by atoms with E-state index in [1.54, 1.807) is 18.2 Å². The molecule has 0 saturated carbocycles. The Balaban J connectivity index is 2.43. The highest BCUT2D eigenvalue weighted by Gasteiger charge is 2.19. The van der Waals surface area contributed by atoms with E-state index in [-0.39, 0.29) is 16.3 Å². The zero-order valence-corrected chi connectivity index (χ0v) is 13.8. The summed E-state index contributed by atoms with van der Waals surface area (Å²) < 4.78 is 25.7. The summed E-state index contributed by atoms with van der Waals surface area (Å²) in [5, 5.41) is 0. The van der Waals surface area contributed by atoms with Gasteiger partial charge in [-0.3, -0.25) is 0 Å². The lowest BCUT2D eigenvalue weighted by Gasteiger charge is -2.09. The van der Waals surface area contributed by atoms with E-state index < -0.39 is 9.84 Å². The molecule has 106 valence electrons. The molecule has 0 spiro atoms. The third kappa shape index (κ3) is 3.41. The molecule has 3 nitrogen and oxygen atoms in total. The maximum atomic E-state index is 12.5. The quantitative estimate of drug-likeness (QED) is 0.857. The molecule has 0 fully saturated rings. The number of benzene rings is 2. The molecule has 0 aliphatic rings. The van der Waals surface area contributed by atoms with Crippen molar-refractivity contribution in [3.8, 4) is 0 Å². The molecule has 0 radical (unpaired) electrons. The first-order valence-electron chi connectivity index (χ1n) is 6.13. The van der Waals surface area contributed by atoms with Gasteiger partial charge in [-0.1, -0.05) is 45.3 Å². The van der Waals surface area contributed by atoms with Crippen LogP contribution in [0.1, 0.15) is 16.7 Å².